The second-order valence-electron chi connectivity index (χ2n) is 3.71. The Bertz CT molecular complexity index is 529. The van der Waals surface area contributed by atoms with Crippen molar-refractivity contribution in [3.05, 3.63) is 51.0 Å². The summed E-state index contributed by atoms with van der Waals surface area (Å²) in [6.07, 6.45) is 1.80. The zero-order valence-electron chi connectivity index (χ0n) is 9.78. The maximum atomic E-state index is 5.70. The Balaban J connectivity index is 2.13. The lowest BCUT2D eigenvalue weighted by Crippen LogP contribution is -2.05. The molecule has 0 radical (unpaired) electrons. The van der Waals surface area contributed by atoms with E-state index in [1.807, 2.05) is 37.4 Å². The normalized spacial score (nSPS) is 10.4. The molecule has 0 saturated carbocycles. The maximum Gasteiger partial charge on any atom is 0.219 e. The monoisotopic (exact) mass is 370 g/mol. The van der Waals surface area contributed by atoms with E-state index in [9.17, 15) is 0 Å². The third-order valence-electron chi connectivity index (χ3n) is 2.29. The molecular weight excluding hydrogens is 360 g/mol. The molecule has 1 aromatic heterocycles. The van der Waals surface area contributed by atoms with Crippen LogP contribution in [0.5, 0.6) is 11.6 Å². The predicted molar refractivity (Wildman–Crippen MR) is 78.9 cm³/mol. The molecule has 0 fully saturated rings. The minimum atomic E-state index is 0.581. The Morgan fingerprint density at radius 1 is 1.22 bits per heavy atom. The van der Waals surface area contributed by atoms with E-state index in [0.29, 0.717) is 5.88 Å². The van der Waals surface area contributed by atoms with Gasteiger partial charge in [-0.05, 0) is 46.7 Å². The third-order valence-corrected chi connectivity index (χ3v) is 3.40. The van der Waals surface area contributed by atoms with Gasteiger partial charge in [-0.2, -0.15) is 0 Å². The fourth-order valence-electron chi connectivity index (χ4n) is 1.45. The SMILES string of the molecule is CNCc1ccc(Oc2ccc(Br)cc2Br)nc1. The number of rotatable bonds is 4. The summed E-state index contributed by atoms with van der Waals surface area (Å²) in [6, 6.07) is 9.60. The lowest BCUT2D eigenvalue weighted by Gasteiger charge is -2.07. The van der Waals surface area contributed by atoms with Crippen molar-refractivity contribution in [3.63, 3.8) is 0 Å². The summed E-state index contributed by atoms with van der Waals surface area (Å²) in [6.45, 7) is 0.801. The van der Waals surface area contributed by atoms with Crippen LogP contribution in [0.4, 0.5) is 0 Å². The highest BCUT2D eigenvalue weighted by molar-refractivity contribution is 9.11. The van der Waals surface area contributed by atoms with Crippen molar-refractivity contribution in [1.29, 1.82) is 0 Å². The van der Waals surface area contributed by atoms with E-state index in [-0.39, 0.29) is 0 Å². The molecule has 0 amide bonds. The first-order chi connectivity index (χ1) is 8.69. The van der Waals surface area contributed by atoms with Gasteiger partial charge in [-0.25, -0.2) is 4.98 Å². The van der Waals surface area contributed by atoms with Crippen LogP contribution in [0.2, 0.25) is 0 Å². The van der Waals surface area contributed by atoms with E-state index in [1.165, 1.54) is 0 Å². The molecule has 1 aromatic carbocycles. The zero-order chi connectivity index (χ0) is 13.0. The zero-order valence-corrected chi connectivity index (χ0v) is 13.0. The lowest BCUT2D eigenvalue weighted by atomic mass is 10.3. The Hall–Kier alpha value is -0.910. The molecule has 2 rings (SSSR count). The fourth-order valence-corrected chi connectivity index (χ4v) is 2.58. The van der Waals surface area contributed by atoms with Crippen LogP contribution in [0.1, 0.15) is 5.56 Å². The predicted octanol–water partition coefficient (Wildman–Crippen LogP) is 4.12. The van der Waals surface area contributed by atoms with E-state index in [0.717, 1.165) is 26.8 Å². The molecule has 0 bridgehead atoms. The molecule has 1 heterocycles. The van der Waals surface area contributed by atoms with Crippen molar-refractivity contribution < 1.29 is 4.74 Å². The van der Waals surface area contributed by atoms with Crippen LogP contribution in [-0.2, 0) is 6.54 Å². The summed E-state index contributed by atoms with van der Waals surface area (Å²) < 4.78 is 7.58. The smallest absolute Gasteiger partial charge is 0.219 e. The Kier molecular flexibility index (Phi) is 4.74. The molecule has 2 aromatic rings. The minimum absolute atomic E-state index is 0.581. The molecule has 0 spiro atoms. The van der Waals surface area contributed by atoms with Gasteiger partial charge in [-0.3, -0.25) is 0 Å². The number of hydrogen-bond donors (Lipinski definition) is 1. The summed E-state index contributed by atoms with van der Waals surface area (Å²) in [7, 11) is 1.91. The summed E-state index contributed by atoms with van der Waals surface area (Å²) in [5, 5.41) is 3.07. The van der Waals surface area contributed by atoms with E-state index in [4.69, 9.17) is 4.74 Å². The van der Waals surface area contributed by atoms with Crippen LogP contribution in [0, 0.1) is 0 Å². The average molecular weight is 372 g/mol. The van der Waals surface area contributed by atoms with Crippen molar-refractivity contribution in [3.8, 4) is 11.6 Å². The number of benzene rings is 1. The molecule has 0 saturated heterocycles. The van der Waals surface area contributed by atoms with Crippen LogP contribution in [0.25, 0.3) is 0 Å². The van der Waals surface area contributed by atoms with Gasteiger partial charge in [0.25, 0.3) is 0 Å². The van der Waals surface area contributed by atoms with Gasteiger partial charge in [-0.15, -0.1) is 0 Å². The summed E-state index contributed by atoms with van der Waals surface area (Å²) in [5.41, 5.74) is 1.12. The van der Waals surface area contributed by atoms with Crippen LogP contribution in [-0.4, -0.2) is 12.0 Å². The summed E-state index contributed by atoms with van der Waals surface area (Å²) in [5.74, 6) is 1.32. The molecule has 5 heteroatoms. The van der Waals surface area contributed by atoms with Gasteiger partial charge in [0.1, 0.15) is 5.75 Å². The van der Waals surface area contributed by atoms with Crippen molar-refractivity contribution in [2.24, 2.45) is 0 Å². The van der Waals surface area contributed by atoms with Gasteiger partial charge in [0.15, 0.2) is 0 Å². The number of nitrogens with one attached hydrogen (secondary N) is 1. The standard InChI is InChI=1S/C13H12Br2N2O/c1-16-7-9-2-5-13(17-8-9)18-12-4-3-10(14)6-11(12)15/h2-6,8,16H,7H2,1H3. The van der Waals surface area contributed by atoms with Gasteiger partial charge in [0.2, 0.25) is 5.88 Å². The number of pyridine rings is 1. The number of hydrogen-bond acceptors (Lipinski definition) is 3. The van der Waals surface area contributed by atoms with Crippen LogP contribution in [0.15, 0.2) is 45.5 Å². The van der Waals surface area contributed by atoms with Crippen LogP contribution >= 0.6 is 31.9 Å². The summed E-state index contributed by atoms with van der Waals surface area (Å²) in [4.78, 5) is 4.26. The first-order valence-electron chi connectivity index (χ1n) is 5.41. The highest BCUT2D eigenvalue weighted by atomic mass is 79.9. The second kappa shape index (κ2) is 6.31. The topological polar surface area (TPSA) is 34.1 Å². The quantitative estimate of drug-likeness (QED) is 0.877. The average Bonchev–Trinajstić information content (AvgIpc) is 2.35. The van der Waals surface area contributed by atoms with Crippen molar-refractivity contribution in [2.75, 3.05) is 7.05 Å². The Morgan fingerprint density at radius 3 is 2.67 bits per heavy atom. The highest BCUT2D eigenvalue weighted by Gasteiger charge is 2.04. The van der Waals surface area contributed by atoms with Gasteiger partial charge >= 0.3 is 0 Å². The van der Waals surface area contributed by atoms with Gasteiger partial charge in [0.05, 0.1) is 4.47 Å². The Morgan fingerprint density at radius 2 is 2.06 bits per heavy atom. The van der Waals surface area contributed by atoms with Gasteiger partial charge < -0.3 is 10.1 Å². The molecular formula is C13H12Br2N2O. The Labute approximate surface area is 123 Å². The number of halogens is 2. The summed E-state index contributed by atoms with van der Waals surface area (Å²) >= 11 is 6.85. The minimum Gasteiger partial charge on any atom is -0.438 e. The molecule has 0 aliphatic heterocycles. The van der Waals surface area contributed by atoms with Gasteiger partial charge in [0, 0.05) is 23.3 Å². The number of nitrogens with zero attached hydrogens (tertiary/aromatic N) is 1. The molecule has 18 heavy (non-hydrogen) atoms. The van der Waals surface area contributed by atoms with Crippen molar-refractivity contribution in [2.45, 2.75) is 6.54 Å². The van der Waals surface area contributed by atoms with Crippen LogP contribution < -0.4 is 10.1 Å². The molecule has 0 unspecified atom stereocenters. The first kappa shape index (κ1) is 13.5. The maximum absolute atomic E-state index is 5.70. The second-order valence-corrected chi connectivity index (χ2v) is 5.48. The third kappa shape index (κ3) is 3.54. The van der Waals surface area contributed by atoms with Crippen molar-refractivity contribution in [1.82, 2.24) is 10.3 Å². The van der Waals surface area contributed by atoms with E-state index < -0.39 is 0 Å². The highest BCUT2D eigenvalue weighted by Crippen LogP contribution is 2.31. The van der Waals surface area contributed by atoms with E-state index in [2.05, 4.69) is 42.2 Å². The molecule has 1 N–H and O–H groups in total. The molecule has 94 valence electrons. The molecule has 3 nitrogen and oxygen atoms in total. The first-order valence-corrected chi connectivity index (χ1v) is 7.00. The lowest BCUT2D eigenvalue weighted by molar-refractivity contribution is 0.459. The van der Waals surface area contributed by atoms with Crippen molar-refractivity contribution >= 4 is 31.9 Å². The largest absolute Gasteiger partial charge is 0.438 e. The van der Waals surface area contributed by atoms with Gasteiger partial charge in [-0.1, -0.05) is 22.0 Å². The molecule has 0 atom stereocenters. The molecule has 0 aliphatic carbocycles. The number of ether oxygens (including phenoxy) is 1. The van der Waals surface area contributed by atoms with E-state index in [1.54, 1.807) is 6.20 Å². The van der Waals surface area contributed by atoms with E-state index >= 15 is 0 Å². The van der Waals surface area contributed by atoms with Crippen LogP contribution in [0.3, 0.4) is 0 Å². The molecule has 0 aliphatic rings. The number of aromatic nitrogens is 1. The fraction of sp³-hybridized carbons (Fsp3) is 0.154.